The van der Waals surface area contributed by atoms with Crippen LogP contribution in [0, 0.1) is 5.92 Å². The minimum Gasteiger partial charge on any atom is -0.497 e. The van der Waals surface area contributed by atoms with Crippen LogP contribution in [-0.2, 0) is 21.6 Å². The highest BCUT2D eigenvalue weighted by atomic mass is 16.6. The van der Waals surface area contributed by atoms with Crippen molar-refractivity contribution in [1.82, 2.24) is 0 Å². The first-order valence-electron chi connectivity index (χ1n) is 13.0. The SMILES string of the molecule is COc1ccc(CCC[N+]23CCC(CC2)C(OC(=O)C(O)(c2ccccc2)c2ccccc2)C3)cc1. The number of fused-ring (bicyclic) bond motifs is 3. The van der Waals surface area contributed by atoms with E-state index in [0.29, 0.717) is 17.0 Å². The van der Waals surface area contributed by atoms with Gasteiger partial charge in [0.25, 0.3) is 0 Å². The molecule has 1 N–H and O–H groups in total. The Bertz CT molecular complexity index is 1100. The standard InChI is InChI=1S/C31H36NO4/c1-35-28-16-14-24(15-17-28)9-8-20-32-21-18-25(19-22-32)29(23-32)36-30(33)31(34,26-10-4-2-5-11-26)27-12-6-3-7-13-27/h2-7,10-17,25,29,34H,8-9,18-23H2,1H3/q+1. The lowest BCUT2D eigenvalue weighted by atomic mass is 9.82. The van der Waals surface area contributed by atoms with Crippen molar-refractivity contribution in [3.63, 3.8) is 0 Å². The Morgan fingerprint density at radius 1 is 0.917 bits per heavy atom. The summed E-state index contributed by atoms with van der Waals surface area (Å²) in [6, 6.07) is 26.6. The van der Waals surface area contributed by atoms with Crippen LogP contribution in [0.25, 0.3) is 0 Å². The van der Waals surface area contributed by atoms with Crippen molar-refractivity contribution in [2.24, 2.45) is 5.92 Å². The normalized spacial score (nSPS) is 23.3. The summed E-state index contributed by atoms with van der Waals surface area (Å²) < 4.78 is 12.5. The molecule has 0 saturated carbocycles. The topological polar surface area (TPSA) is 55.8 Å². The van der Waals surface area contributed by atoms with Crippen LogP contribution in [0.15, 0.2) is 84.9 Å². The predicted molar refractivity (Wildman–Crippen MR) is 140 cm³/mol. The number of esters is 1. The number of nitrogens with zero attached hydrogens (tertiary/aromatic N) is 1. The first kappa shape index (κ1) is 24.5. The predicted octanol–water partition coefficient (Wildman–Crippen LogP) is 4.72. The van der Waals surface area contributed by atoms with Gasteiger partial charge in [0.1, 0.15) is 12.3 Å². The number of piperidine rings is 3. The van der Waals surface area contributed by atoms with E-state index >= 15 is 0 Å². The summed E-state index contributed by atoms with van der Waals surface area (Å²) in [6.45, 7) is 4.19. The van der Waals surface area contributed by atoms with Crippen molar-refractivity contribution in [1.29, 1.82) is 0 Å². The van der Waals surface area contributed by atoms with Crippen LogP contribution >= 0.6 is 0 Å². The molecule has 2 bridgehead atoms. The number of aliphatic hydroxyl groups is 1. The molecule has 3 fully saturated rings. The molecule has 3 aromatic rings. The third-order valence-corrected chi connectivity index (χ3v) is 8.24. The highest BCUT2D eigenvalue weighted by molar-refractivity contribution is 5.85. The summed E-state index contributed by atoms with van der Waals surface area (Å²) in [4.78, 5) is 13.7. The first-order chi connectivity index (χ1) is 17.5. The molecule has 3 aliphatic rings. The molecular formula is C31H36NO4+. The summed E-state index contributed by atoms with van der Waals surface area (Å²) in [6.07, 6.45) is 4.08. The molecule has 6 rings (SSSR count). The fourth-order valence-electron chi connectivity index (χ4n) is 6.06. The molecular weight excluding hydrogens is 450 g/mol. The minimum atomic E-state index is -1.83. The van der Waals surface area contributed by atoms with Crippen molar-refractivity contribution in [2.45, 2.75) is 37.4 Å². The number of rotatable bonds is 9. The maximum Gasteiger partial charge on any atom is 0.348 e. The Hall–Kier alpha value is -3.15. The van der Waals surface area contributed by atoms with E-state index in [1.165, 1.54) is 5.56 Å². The number of methoxy groups -OCH3 is 1. The number of carbonyl (C=O) groups excluding carboxylic acids is 1. The van der Waals surface area contributed by atoms with Gasteiger partial charge in [-0.05, 0) is 35.2 Å². The van der Waals surface area contributed by atoms with Gasteiger partial charge in [0.15, 0.2) is 6.10 Å². The molecule has 36 heavy (non-hydrogen) atoms. The second kappa shape index (κ2) is 10.5. The third kappa shape index (κ3) is 4.91. The molecule has 0 aliphatic carbocycles. The summed E-state index contributed by atoms with van der Waals surface area (Å²) in [5.74, 6) is 0.677. The van der Waals surface area contributed by atoms with Gasteiger partial charge < -0.3 is 19.1 Å². The first-order valence-corrected chi connectivity index (χ1v) is 13.0. The van der Waals surface area contributed by atoms with Gasteiger partial charge in [-0.2, -0.15) is 0 Å². The number of carbonyl (C=O) groups is 1. The maximum absolute atomic E-state index is 13.7. The number of benzene rings is 3. The molecule has 3 aliphatic heterocycles. The fraction of sp³-hybridized carbons (Fsp3) is 0.387. The number of ether oxygens (including phenoxy) is 2. The van der Waals surface area contributed by atoms with Crippen molar-refractivity contribution >= 4 is 5.97 Å². The van der Waals surface area contributed by atoms with E-state index in [4.69, 9.17) is 9.47 Å². The van der Waals surface area contributed by atoms with E-state index in [0.717, 1.165) is 62.1 Å². The van der Waals surface area contributed by atoms with Gasteiger partial charge in [-0.1, -0.05) is 72.8 Å². The van der Waals surface area contributed by atoms with Crippen LogP contribution in [0.2, 0.25) is 0 Å². The Labute approximate surface area is 213 Å². The van der Waals surface area contributed by atoms with Crippen LogP contribution in [0.1, 0.15) is 36.0 Å². The van der Waals surface area contributed by atoms with Gasteiger partial charge >= 0.3 is 5.97 Å². The number of quaternary nitrogens is 1. The molecule has 188 valence electrons. The van der Waals surface area contributed by atoms with Crippen LogP contribution in [0.3, 0.4) is 0 Å². The summed E-state index contributed by atoms with van der Waals surface area (Å²) >= 11 is 0. The highest BCUT2D eigenvalue weighted by Gasteiger charge is 2.50. The molecule has 3 aromatic carbocycles. The number of hydrogen-bond acceptors (Lipinski definition) is 4. The van der Waals surface area contributed by atoms with Gasteiger partial charge in [0.2, 0.25) is 5.60 Å². The van der Waals surface area contributed by atoms with Gasteiger partial charge in [-0.15, -0.1) is 0 Å². The fourth-order valence-corrected chi connectivity index (χ4v) is 6.06. The smallest absolute Gasteiger partial charge is 0.348 e. The molecule has 1 unspecified atom stereocenters. The van der Waals surface area contributed by atoms with E-state index in [9.17, 15) is 9.90 Å². The van der Waals surface area contributed by atoms with Crippen molar-refractivity contribution in [3.8, 4) is 5.75 Å². The molecule has 5 heteroatoms. The van der Waals surface area contributed by atoms with Crippen LogP contribution in [0.4, 0.5) is 0 Å². The second-order valence-electron chi connectivity index (χ2n) is 10.4. The molecule has 5 nitrogen and oxygen atoms in total. The van der Waals surface area contributed by atoms with Crippen molar-refractivity contribution < 1.29 is 23.9 Å². The second-order valence-corrected chi connectivity index (χ2v) is 10.4. The van der Waals surface area contributed by atoms with Gasteiger partial charge in [-0.3, -0.25) is 0 Å². The zero-order chi connectivity index (χ0) is 25.0. The van der Waals surface area contributed by atoms with Crippen LogP contribution in [-0.4, -0.2) is 55.0 Å². The van der Waals surface area contributed by atoms with E-state index in [2.05, 4.69) is 12.1 Å². The molecule has 3 saturated heterocycles. The summed E-state index contributed by atoms with van der Waals surface area (Å²) in [5.41, 5.74) is 0.560. The minimum absolute atomic E-state index is 0.167. The Morgan fingerprint density at radius 2 is 1.50 bits per heavy atom. The lowest BCUT2D eigenvalue weighted by molar-refractivity contribution is -0.946. The molecule has 1 atom stereocenters. The zero-order valence-corrected chi connectivity index (χ0v) is 21.0. The molecule has 3 heterocycles. The maximum atomic E-state index is 13.7. The lowest BCUT2D eigenvalue weighted by Gasteiger charge is -2.52. The van der Waals surface area contributed by atoms with Crippen LogP contribution < -0.4 is 4.74 Å². The zero-order valence-electron chi connectivity index (χ0n) is 21.0. The van der Waals surface area contributed by atoms with E-state index in [1.54, 1.807) is 31.4 Å². The van der Waals surface area contributed by atoms with Gasteiger partial charge in [0.05, 0.1) is 26.7 Å². The number of hydrogen-bond donors (Lipinski definition) is 1. The van der Waals surface area contributed by atoms with Gasteiger partial charge in [0, 0.05) is 25.2 Å². The average Bonchev–Trinajstić information content (AvgIpc) is 2.94. The quantitative estimate of drug-likeness (QED) is 0.351. The molecule has 0 amide bonds. The van der Waals surface area contributed by atoms with Gasteiger partial charge in [-0.25, -0.2) is 4.79 Å². The summed E-state index contributed by atoms with van der Waals surface area (Å²) in [5, 5.41) is 11.8. The Kier molecular flexibility index (Phi) is 7.13. The Morgan fingerprint density at radius 3 is 2.06 bits per heavy atom. The molecule has 0 spiro atoms. The van der Waals surface area contributed by atoms with E-state index in [-0.39, 0.29) is 6.10 Å². The third-order valence-electron chi connectivity index (χ3n) is 8.24. The average molecular weight is 487 g/mol. The number of aryl methyl sites for hydroxylation is 1. The Balaban J connectivity index is 1.28. The monoisotopic (exact) mass is 486 g/mol. The van der Waals surface area contributed by atoms with Crippen molar-refractivity contribution in [2.75, 3.05) is 33.3 Å². The molecule has 0 radical (unpaired) electrons. The molecule has 0 aromatic heterocycles. The van der Waals surface area contributed by atoms with E-state index < -0.39 is 11.6 Å². The highest BCUT2D eigenvalue weighted by Crippen LogP contribution is 2.38. The largest absolute Gasteiger partial charge is 0.497 e. The summed E-state index contributed by atoms with van der Waals surface area (Å²) in [7, 11) is 1.69. The lowest BCUT2D eigenvalue weighted by Crippen LogP contribution is -2.65. The van der Waals surface area contributed by atoms with E-state index in [1.807, 2.05) is 48.5 Å². The van der Waals surface area contributed by atoms with Crippen LogP contribution in [0.5, 0.6) is 5.75 Å². The van der Waals surface area contributed by atoms with Crippen molar-refractivity contribution in [3.05, 3.63) is 102 Å².